The van der Waals surface area contributed by atoms with Crippen LogP contribution in [0.5, 0.6) is 5.75 Å². The van der Waals surface area contributed by atoms with Crippen molar-refractivity contribution < 1.29 is 23.8 Å². The Hall–Kier alpha value is -1.63. The van der Waals surface area contributed by atoms with E-state index in [1.54, 1.807) is 13.2 Å². The summed E-state index contributed by atoms with van der Waals surface area (Å²) in [5.41, 5.74) is 1.01. The molecule has 0 aliphatic carbocycles. The third kappa shape index (κ3) is 8.58. The number of carboxylic acid groups (broad SMARTS) is 1. The Kier molecular flexibility index (Phi) is 9.40. The van der Waals surface area contributed by atoms with E-state index in [-0.39, 0.29) is 17.2 Å². The molecule has 0 bridgehead atoms. The SMILES string of the molecule is COc1ccc(CO[C@@H](/C=C/C(=O)O)CC[C@@H](C)O[Si](C)(C)C(C)(C)C)cc1. The lowest BCUT2D eigenvalue weighted by molar-refractivity contribution is -0.131. The summed E-state index contributed by atoms with van der Waals surface area (Å²) in [7, 11) is -0.191. The highest BCUT2D eigenvalue weighted by molar-refractivity contribution is 6.74. The zero-order chi connectivity index (χ0) is 21.4. The van der Waals surface area contributed by atoms with Crippen LogP contribution in [0.4, 0.5) is 0 Å². The van der Waals surface area contributed by atoms with Gasteiger partial charge < -0.3 is 19.0 Å². The first-order chi connectivity index (χ1) is 12.9. The molecule has 0 heterocycles. The highest BCUT2D eigenvalue weighted by atomic mass is 28.4. The van der Waals surface area contributed by atoms with Crippen LogP contribution in [-0.4, -0.2) is 38.7 Å². The van der Waals surface area contributed by atoms with Crippen molar-refractivity contribution in [2.24, 2.45) is 0 Å². The number of carboxylic acids is 1. The average molecular weight is 409 g/mol. The van der Waals surface area contributed by atoms with E-state index >= 15 is 0 Å². The Morgan fingerprint density at radius 1 is 1.18 bits per heavy atom. The fourth-order valence-corrected chi connectivity index (χ4v) is 3.96. The highest BCUT2D eigenvalue weighted by Crippen LogP contribution is 2.37. The van der Waals surface area contributed by atoms with Gasteiger partial charge in [-0.05, 0) is 61.7 Å². The molecular weight excluding hydrogens is 372 g/mol. The number of hydrogen-bond donors (Lipinski definition) is 1. The van der Waals surface area contributed by atoms with Crippen molar-refractivity contribution in [1.82, 2.24) is 0 Å². The quantitative estimate of drug-likeness (QED) is 0.392. The Morgan fingerprint density at radius 2 is 1.79 bits per heavy atom. The molecule has 0 saturated heterocycles. The van der Waals surface area contributed by atoms with Gasteiger partial charge in [0.1, 0.15) is 5.75 Å². The third-order valence-electron chi connectivity index (χ3n) is 5.24. The van der Waals surface area contributed by atoms with Crippen LogP contribution in [0.2, 0.25) is 18.1 Å². The van der Waals surface area contributed by atoms with E-state index in [1.807, 2.05) is 24.3 Å². The minimum Gasteiger partial charge on any atom is -0.497 e. The fraction of sp³-hybridized carbons (Fsp3) is 0.591. The molecule has 0 aliphatic rings. The van der Waals surface area contributed by atoms with Crippen molar-refractivity contribution in [3.05, 3.63) is 42.0 Å². The first-order valence-corrected chi connectivity index (χ1v) is 12.7. The molecule has 0 aromatic heterocycles. The number of methoxy groups -OCH3 is 1. The maximum Gasteiger partial charge on any atom is 0.328 e. The summed E-state index contributed by atoms with van der Waals surface area (Å²) >= 11 is 0. The molecule has 0 unspecified atom stereocenters. The van der Waals surface area contributed by atoms with Crippen LogP contribution in [0.1, 0.15) is 46.1 Å². The smallest absolute Gasteiger partial charge is 0.328 e. The van der Waals surface area contributed by atoms with Gasteiger partial charge in [0, 0.05) is 12.2 Å². The summed E-state index contributed by atoms with van der Waals surface area (Å²) in [5.74, 6) is -0.175. The molecule has 5 nitrogen and oxygen atoms in total. The van der Waals surface area contributed by atoms with Crippen molar-refractivity contribution in [3.8, 4) is 5.75 Å². The average Bonchev–Trinajstić information content (AvgIpc) is 2.60. The third-order valence-corrected chi connectivity index (χ3v) is 9.84. The van der Waals surface area contributed by atoms with Crippen molar-refractivity contribution in [2.75, 3.05) is 7.11 Å². The number of rotatable bonds is 11. The van der Waals surface area contributed by atoms with Gasteiger partial charge >= 0.3 is 5.97 Å². The molecule has 0 amide bonds. The number of benzene rings is 1. The number of hydrogen-bond acceptors (Lipinski definition) is 4. The van der Waals surface area contributed by atoms with Gasteiger partial charge in [-0.15, -0.1) is 0 Å². The van der Waals surface area contributed by atoms with E-state index in [0.717, 1.165) is 23.8 Å². The van der Waals surface area contributed by atoms with Crippen LogP contribution >= 0.6 is 0 Å². The van der Waals surface area contributed by atoms with Gasteiger partial charge in [0.25, 0.3) is 0 Å². The standard InChI is InChI=1S/C22H36O5Si/c1-17(27-28(6,7)22(2,3)4)8-11-20(14-15-21(23)24)26-16-18-9-12-19(25-5)13-10-18/h9-10,12-15,17,20H,8,11,16H2,1-7H3,(H,23,24)/b15-14+/t17-,20-/m1/s1. The molecule has 1 aromatic rings. The number of aliphatic carboxylic acids is 1. The minimum atomic E-state index is -1.82. The second-order valence-corrected chi connectivity index (χ2v) is 13.4. The number of ether oxygens (including phenoxy) is 2. The largest absolute Gasteiger partial charge is 0.497 e. The predicted molar refractivity (Wildman–Crippen MR) is 115 cm³/mol. The van der Waals surface area contributed by atoms with Crippen molar-refractivity contribution in [1.29, 1.82) is 0 Å². The molecule has 1 aromatic carbocycles. The highest BCUT2D eigenvalue weighted by Gasteiger charge is 2.38. The van der Waals surface area contributed by atoms with Crippen molar-refractivity contribution in [2.45, 2.75) is 77.5 Å². The molecule has 6 heteroatoms. The van der Waals surface area contributed by atoms with Crippen molar-refractivity contribution in [3.63, 3.8) is 0 Å². The molecule has 1 rings (SSSR count). The topological polar surface area (TPSA) is 65.0 Å². The second-order valence-electron chi connectivity index (χ2n) is 8.66. The van der Waals surface area contributed by atoms with Gasteiger partial charge in [0.2, 0.25) is 0 Å². The zero-order valence-electron chi connectivity index (χ0n) is 18.3. The van der Waals surface area contributed by atoms with Gasteiger partial charge in [0.05, 0.1) is 19.8 Å². The normalized spacial score (nSPS) is 14.8. The van der Waals surface area contributed by atoms with Crippen LogP contribution < -0.4 is 4.74 Å². The summed E-state index contributed by atoms with van der Waals surface area (Å²) < 4.78 is 17.5. The van der Waals surface area contributed by atoms with Crippen LogP contribution in [-0.2, 0) is 20.6 Å². The summed E-state index contributed by atoms with van der Waals surface area (Å²) in [6.07, 6.45) is 4.11. The van der Waals surface area contributed by atoms with E-state index in [2.05, 4.69) is 40.8 Å². The Balaban J connectivity index is 2.64. The molecule has 1 N–H and O–H groups in total. The molecule has 0 aliphatic heterocycles. The van der Waals surface area contributed by atoms with Gasteiger partial charge in [-0.2, -0.15) is 0 Å². The van der Waals surface area contributed by atoms with Gasteiger partial charge in [-0.3, -0.25) is 0 Å². The van der Waals surface area contributed by atoms with Gasteiger partial charge in [0.15, 0.2) is 8.32 Å². The van der Waals surface area contributed by atoms with Gasteiger partial charge in [-0.1, -0.05) is 32.9 Å². The summed E-state index contributed by atoms with van der Waals surface area (Å²) in [6.45, 7) is 13.7. The van der Waals surface area contributed by atoms with E-state index in [0.29, 0.717) is 13.0 Å². The lowest BCUT2D eigenvalue weighted by Gasteiger charge is -2.38. The first-order valence-electron chi connectivity index (χ1n) is 9.78. The van der Waals surface area contributed by atoms with Crippen LogP contribution in [0, 0.1) is 0 Å². The first kappa shape index (κ1) is 24.4. The second kappa shape index (κ2) is 10.8. The lowest BCUT2D eigenvalue weighted by Crippen LogP contribution is -2.43. The van der Waals surface area contributed by atoms with E-state index < -0.39 is 14.3 Å². The summed E-state index contributed by atoms with van der Waals surface area (Å²) in [6, 6.07) is 7.66. The maximum atomic E-state index is 10.9. The summed E-state index contributed by atoms with van der Waals surface area (Å²) in [5, 5.41) is 9.11. The van der Waals surface area contributed by atoms with E-state index in [9.17, 15) is 4.79 Å². The molecule has 0 fully saturated rings. The van der Waals surface area contributed by atoms with Crippen LogP contribution in [0.25, 0.3) is 0 Å². The Morgan fingerprint density at radius 3 is 2.29 bits per heavy atom. The molecular formula is C22H36O5Si. The molecule has 0 spiro atoms. The van der Waals surface area contributed by atoms with Crippen LogP contribution in [0.15, 0.2) is 36.4 Å². The van der Waals surface area contributed by atoms with Crippen molar-refractivity contribution >= 4 is 14.3 Å². The van der Waals surface area contributed by atoms with E-state index in [4.69, 9.17) is 19.0 Å². The molecule has 0 radical (unpaired) electrons. The van der Waals surface area contributed by atoms with E-state index in [1.165, 1.54) is 0 Å². The monoisotopic (exact) mass is 408 g/mol. The molecule has 0 saturated carbocycles. The number of carbonyl (C=O) groups is 1. The van der Waals surface area contributed by atoms with Crippen LogP contribution in [0.3, 0.4) is 0 Å². The Bertz CT molecular complexity index is 631. The predicted octanol–water partition coefficient (Wildman–Crippen LogP) is 5.41. The van der Waals surface area contributed by atoms with Gasteiger partial charge in [-0.25, -0.2) is 4.79 Å². The molecule has 2 atom stereocenters. The zero-order valence-corrected chi connectivity index (χ0v) is 19.3. The lowest BCUT2D eigenvalue weighted by atomic mass is 10.1. The molecule has 28 heavy (non-hydrogen) atoms. The Labute approximate surface area is 170 Å². The minimum absolute atomic E-state index is 0.103. The summed E-state index contributed by atoms with van der Waals surface area (Å²) in [4.78, 5) is 10.9. The molecule has 158 valence electrons. The fourth-order valence-electron chi connectivity index (χ4n) is 2.49. The maximum absolute atomic E-state index is 10.9.